The predicted octanol–water partition coefficient (Wildman–Crippen LogP) is 6.83. The third-order valence-corrected chi connectivity index (χ3v) is 10.6. The van der Waals surface area contributed by atoms with E-state index in [2.05, 4.69) is 16.5 Å². The summed E-state index contributed by atoms with van der Waals surface area (Å²) in [5, 5.41) is 2.01. The van der Waals surface area contributed by atoms with E-state index in [1.165, 1.54) is 29.0 Å². The van der Waals surface area contributed by atoms with Crippen molar-refractivity contribution in [3.05, 3.63) is 81.1 Å². The molecule has 1 saturated heterocycles. The number of nitrogens with zero attached hydrogens (tertiary/aromatic N) is 5. The lowest BCUT2D eigenvalue weighted by molar-refractivity contribution is -0.137. The zero-order chi connectivity index (χ0) is 31.5. The normalized spacial score (nSPS) is 20.6. The number of carbonyl (C=O) groups excluding carboxylic acids is 1. The number of alkyl halides is 3. The number of pyridine rings is 1. The molecule has 7 nitrogen and oxygen atoms in total. The molecule has 1 fully saturated rings. The average Bonchev–Trinajstić information content (AvgIpc) is 3.29. The molecule has 0 spiro atoms. The predicted molar refractivity (Wildman–Crippen MR) is 165 cm³/mol. The van der Waals surface area contributed by atoms with Crippen LogP contribution in [-0.4, -0.2) is 56.3 Å². The Balaban J connectivity index is 1.63. The summed E-state index contributed by atoms with van der Waals surface area (Å²) in [6, 6.07) is 3.40. The maximum atomic E-state index is 14.9. The molecule has 0 aliphatic carbocycles. The van der Waals surface area contributed by atoms with Crippen molar-refractivity contribution in [2.45, 2.75) is 49.5 Å². The van der Waals surface area contributed by atoms with E-state index in [-0.39, 0.29) is 65.0 Å². The number of benzene rings is 1. The number of amides is 1. The van der Waals surface area contributed by atoms with Crippen LogP contribution in [0.4, 0.5) is 23.4 Å². The summed E-state index contributed by atoms with van der Waals surface area (Å²) in [4.78, 5) is 38.5. The van der Waals surface area contributed by atoms with E-state index in [1.54, 1.807) is 15.2 Å². The highest BCUT2D eigenvalue weighted by atomic mass is 35.5. The number of hydrogen-bond acceptors (Lipinski definition) is 7. The van der Waals surface area contributed by atoms with E-state index in [4.69, 9.17) is 11.6 Å². The highest BCUT2D eigenvalue weighted by molar-refractivity contribution is 7.99. The van der Waals surface area contributed by atoms with Gasteiger partial charge in [-0.05, 0) is 43.7 Å². The first-order valence-corrected chi connectivity index (χ1v) is 16.0. The van der Waals surface area contributed by atoms with Crippen molar-refractivity contribution in [3.8, 4) is 10.4 Å². The summed E-state index contributed by atoms with van der Waals surface area (Å²) >= 11 is 8.41. The second kappa shape index (κ2) is 11.5. The highest BCUT2D eigenvalue weighted by Crippen LogP contribution is 2.51. The third kappa shape index (κ3) is 5.28. The molecule has 3 aromatic heterocycles. The molecule has 2 aliphatic heterocycles. The second-order valence-corrected chi connectivity index (χ2v) is 13.3. The maximum absolute atomic E-state index is 14.9. The van der Waals surface area contributed by atoms with E-state index >= 15 is 0 Å². The van der Waals surface area contributed by atoms with Gasteiger partial charge in [0.05, 0.1) is 22.3 Å². The maximum Gasteiger partial charge on any atom is 0.417 e. The first-order valence-electron chi connectivity index (χ1n) is 13.7. The van der Waals surface area contributed by atoms with Crippen LogP contribution in [-0.2, 0) is 17.5 Å². The van der Waals surface area contributed by atoms with Crippen molar-refractivity contribution in [3.63, 3.8) is 0 Å². The standard InChI is InChI=1S/C30H26ClF4N5O2S2/c1-4-24(41)40-15(2)10-38(11-16(40)3)28-20-8-21(30(33,34)35)25(23-7-18(31)14-43-23)27-26(20)39(29(42)37-28)12-17(13-44-27)19-5-6-36-9-22(19)32/h4-9,14-17H,1,10-13H2,2-3H3/t15-,16+,17-/m0/s1. The van der Waals surface area contributed by atoms with Crippen LogP contribution in [0.1, 0.15) is 30.9 Å². The van der Waals surface area contributed by atoms with E-state index < -0.39 is 29.2 Å². The molecule has 2 aliphatic rings. The van der Waals surface area contributed by atoms with Crippen LogP contribution in [0, 0.1) is 5.82 Å². The Labute approximate surface area is 263 Å². The van der Waals surface area contributed by atoms with Gasteiger partial charge in [0.15, 0.2) is 0 Å². The minimum atomic E-state index is -4.76. The molecule has 0 radical (unpaired) electrons. The molecule has 5 heterocycles. The molecule has 1 aromatic carbocycles. The Morgan fingerprint density at radius 3 is 2.52 bits per heavy atom. The van der Waals surface area contributed by atoms with Crippen LogP contribution in [0.5, 0.6) is 0 Å². The van der Waals surface area contributed by atoms with Crippen LogP contribution in [0.15, 0.2) is 58.3 Å². The van der Waals surface area contributed by atoms with Crippen molar-refractivity contribution in [2.24, 2.45) is 0 Å². The number of rotatable bonds is 4. The van der Waals surface area contributed by atoms with E-state index in [1.807, 2.05) is 13.8 Å². The molecule has 230 valence electrons. The molecule has 14 heteroatoms. The number of thioether (sulfide) groups is 1. The van der Waals surface area contributed by atoms with Gasteiger partial charge in [-0.3, -0.25) is 14.3 Å². The Bertz CT molecular complexity index is 1850. The van der Waals surface area contributed by atoms with Gasteiger partial charge in [0.2, 0.25) is 5.91 Å². The van der Waals surface area contributed by atoms with Crippen molar-refractivity contribution in [2.75, 3.05) is 23.7 Å². The summed E-state index contributed by atoms with van der Waals surface area (Å²) in [6.07, 6.45) is -1.00. The number of aromatic nitrogens is 3. The summed E-state index contributed by atoms with van der Waals surface area (Å²) in [5.41, 5.74) is -0.993. The monoisotopic (exact) mass is 663 g/mol. The van der Waals surface area contributed by atoms with Gasteiger partial charge in [-0.25, -0.2) is 9.18 Å². The van der Waals surface area contributed by atoms with Gasteiger partial charge in [-0.2, -0.15) is 18.2 Å². The molecular formula is C30H26ClF4N5O2S2. The number of halogens is 5. The van der Waals surface area contributed by atoms with Crippen LogP contribution >= 0.6 is 34.7 Å². The van der Waals surface area contributed by atoms with Crippen LogP contribution < -0.4 is 10.6 Å². The molecule has 0 N–H and O–H groups in total. The highest BCUT2D eigenvalue weighted by Gasteiger charge is 2.40. The van der Waals surface area contributed by atoms with Crippen molar-refractivity contribution < 1.29 is 22.4 Å². The fourth-order valence-corrected chi connectivity index (χ4v) is 8.83. The van der Waals surface area contributed by atoms with Crippen molar-refractivity contribution in [1.29, 1.82) is 0 Å². The number of hydrogen-bond donors (Lipinski definition) is 0. The smallest absolute Gasteiger partial charge is 0.352 e. The van der Waals surface area contributed by atoms with E-state index in [0.717, 1.165) is 35.4 Å². The molecule has 3 atom stereocenters. The number of thiophene rings is 1. The SMILES string of the molecule is C=CC(=O)N1[C@H](C)CN(c2nc(=O)n3c4c(c(-c5cc(Cl)cs5)c(C(F)(F)F)cc24)SC[C@@H](c2ccncc2F)C3)C[C@@H]1C. The lowest BCUT2D eigenvalue weighted by Gasteiger charge is -2.44. The van der Waals surface area contributed by atoms with Crippen molar-refractivity contribution in [1.82, 2.24) is 19.4 Å². The summed E-state index contributed by atoms with van der Waals surface area (Å²) in [7, 11) is 0. The first kappa shape index (κ1) is 30.6. The first-order chi connectivity index (χ1) is 20.9. The third-order valence-electron chi connectivity index (χ3n) is 8.04. The quantitative estimate of drug-likeness (QED) is 0.176. The fraction of sp³-hybridized carbons (Fsp3) is 0.333. The summed E-state index contributed by atoms with van der Waals surface area (Å²) in [6.45, 7) is 7.73. The Kier molecular flexibility index (Phi) is 8.00. The Hall–Kier alpha value is -3.42. The fourth-order valence-electron chi connectivity index (χ4n) is 6.25. The zero-order valence-electron chi connectivity index (χ0n) is 23.6. The van der Waals surface area contributed by atoms with Gasteiger partial charge in [0.25, 0.3) is 0 Å². The minimum Gasteiger partial charge on any atom is -0.352 e. The average molecular weight is 664 g/mol. The zero-order valence-corrected chi connectivity index (χ0v) is 26.0. The topological polar surface area (TPSA) is 71.3 Å². The van der Waals surface area contributed by atoms with E-state index in [9.17, 15) is 27.2 Å². The summed E-state index contributed by atoms with van der Waals surface area (Å²) in [5.74, 6) is -1.05. The van der Waals surface area contributed by atoms with E-state index in [0.29, 0.717) is 21.0 Å². The lowest BCUT2D eigenvalue weighted by Crippen LogP contribution is -2.58. The van der Waals surface area contributed by atoms with Gasteiger partial charge in [0, 0.05) is 75.7 Å². The lowest BCUT2D eigenvalue weighted by atomic mass is 9.99. The van der Waals surface area contributed by atoms with Gasteiger partial charge >= 0.3 is 11.9 Å². The van der Waals surface area contributed by atoms with Crippen LogP contribution in [0.25, 0.3) is 21.3 Å². The van der Waals surface area contributed by atoms with Gasteiger partial charge < -0.3 is 9.80 Å². The second-order valence-electron chi connectivity index (χ2n) is 10.9. The van der Waals surface area contributed by atoms with Gasteiger partial charge in [-0.1, -0.05) is 18.2 Å². The summed E-state index contributed by atoms with van der Waals surface area (Å²) < 4.78 is 61.0. The minimum absolute atomic E-state index is 0.00790. The van der Waals surface area contributed by atoms with Crippen LogP contribution in [0.3, 0.4) is 0 Å². The number of carbonyl (C=O) groups is 1. The molecule has 4 aromatic rings. The molecular weight excluding hydrogens is 638 g/mol. The molecule has 0 bridgehead atoms. The largest absolute Gasteiger partial charge is 0.417 e. The van der Waals surface area contributed by atoms with Crippen molar-refractivity contribution >= 4 is 57.3 Å². The van der Waals surface area contributed by atoms with Gasteiger partial charge in [0.1, 0.15) is 11.6 Å². The Morgan fingerprint density at radius 2 is 1.91 bits per heavy atom. The molecule has 1 amide bonds. The molecule has 0 unspecified atom stereocenters. The molecule has 44 heavy (non-hydrogen) atoms. The molecule has 6 rings (SSSR count). The number of piperazine rings is 1. The molecule has 0 saturated carbocycles. The van der Waals surface area contributed by atoms with Crippen LogP contribution in [0.2, 0.25) is 5.02 Å². The Morgan fingerprint density at radius 1 is 1.18 bits per heavy atom. The van der Waals surface area contributed by atoms with Gasteiger partial charge in [-0.15, -0.1) is 23.1 Å². The number of anilines is 1.